The van der Waals surface area contributed by atoms with Crippen LogP contribution >= 0.6 is 0 Å². The molecular formula is C14H18N2O3. The first kappa shape index (κ1) is 14.8. The van der Waals surface area contributed by atoms with Gasteiger partial charge in [-0.25, -0.2) is 9.59 Å². The fourth-order valence-electron chi connectivity index (χ4n) is 1.56. The average Bonchev–Trinajstić information content (AvgIpc) is 2.36. The maximum atomic E-state index is 12.0. The van der Waals surface area contributed by atoms with E-state index in [9.17, 15) is 9.59 Å². The molecule has 0 bridgehead atoms. The molecule has 2 amide bonds. The Morgan fingerprint density at radius 1 is 1.37 bits per heavy atom. The number of carboxylic acid groups (broad SMARTS) is 1. The molecule has 5 heteroatoms. The number of anilines is 1. The number of nitrogens with one attached hydrogen (secondary N) is 1. The first-order valence-electron chi connectivity index (χ1n) is 5.97. The Kier molecular flexibility index (Phi) is 5.11. The molecule has 5 nitrogen and oxygen atoms in total. The van der Waals surface area contributed by atoms with Crippen molar-refractivity contribution in [1.82, 2.24) is 4.90 Å². The molecule has 0 atom stereocenters. The number of nitrogens with zero attached hydrogens (tertiary/aromatic N) is 1. The topological polar surface area (TPSA) is 69.6 Å². The van der Waals surface area contributed by atoms with Gasteiger partial charge in [-0.05, 0) is 38.1 Å². The van der Waals surface area contributed by atoms with E-state index in [4.69, 9.17) is 5.11 Å². The molecule has 0 fully saturated rings. The van der Waals surface area contributed by atoms with Crippen LogP contribution in [-0.2, 0) is 0 Å². The van der Waals surface area contributed by atoms with Gasteiger partial charge in [-0.15, -0.1) is 6.58 Å². The van der Waals surface area contributed by atoms with E-state index in [1.807, 2.05) is 13.8 Å². The van der Waals surface area contributed by atoms with Crippen LogP contribution in [-0.4, -0.2) is 34.6 Å². The molecule has 0 unspecified atom stereocenters. The van der Waals surface area contributed by atoms with Crippen molar-refractivity contribution in [3.05, 3.63) is 42.5 Å². The van der Waals surface area contributed by atoms with Gasteiger partial charge in [0.25, 0.3) is 0 Å². The van der Waals surface area contributed by atoms with Crippen LogP contribution in [0.15, 0.2) is 36.9 Å². The summed E-state index contributed by atoms with van der Waals surface area (Å²) in [5, 5.41) is 11.5. The SMILES string of the molecule is C=CCN(C(=O)Nc1ccc(C(=O)O)cc1)C(C)C. The summed E-state index contributed by atoms with van der Waals surface area (Å²) in [6.07, 6.45) is 1.66. The van der Waals surface area contributed by atoms with E-state index in [0.717, 1.165) is 0 Å². The van der Waals surface area contributed by atoms with Crippen molar-refractivity contribution in [2.75, 3.05) is 11.9 Å². The van der Waals surface area contributed by atoms with E-state index >= 15 is 0 Å². The van der Waals surface area contributed by atoms with Gasteiger partial charge < -0.3 is 15.3 Å². The van der Waals surface area contributed by atoms with Crippen LogP contribution in [0.3, 0.4) is 0 Å². The third-order valence-electron chi connectivity index (χ3n) is 2.59. The van der Waals surface area contributed by atoms with Gasteiger partial charge in [0.1, 0.15) is 0 Å². The molecule has 0 aliphatic carbocycles. The number of hydrogen-bond donors (Lipinski definition) is 2. The normalized spacial score (nSPS) is 10.1. The predicted octanol–water partition coefficient (Wildman–Crippen LogP) is 2.81. The highest BCUT2D eigenvalue weighted by atomic mass is 16.4. The molecule has 102 valence electrons. The molecule has 1 rings (SSSR count). The van der Waals surface area contributed by atoms with E-state index in [0.29, 0.717) is 12.2 Å². The molecule has 1 aromatic carbocycles. The van der Waals surface area contributed by atoms with Crippen LogP contribution in [0, 0.1) is 0 Å². The Labute approximate surface area is 112 Å². The second kappa shape index (κ2) is 6.58. The maximum Gasteiger partial charge on any atom is 0.335 e. The molecule has 0 heterocycles. The van der Waals surface area contributed by atoms with Gasteiger partial charge in [-0.3, -0.25) is 0 Å². The number of carbonyl (C=O) groups excluding carboxylic acids is 1. The van der Waals surface area contributed by atoms with Crippen molar-refractivity contribution in [3.63, 3.8) is 0 Å². The van der Waals surface area contributed by atoms with Crippen molar-refractivity contribution in [3.8, 4) is 0 Å². The number of carboxylic acids is 1. The highest BCUT2D eigenvalue weighted by molar-refractivity contribution is 5.91. The number of aromatic carboxylic acids is 1. The fourth-order valence-corrected chi connectivity index (χ4v) is 1.56. The molecule has 0 aromatic heterocycles. The number of carbonyl (C=O) groups is 2. The molecule has 0 radical (unpaired) electrons. The van der Waals surface area contributed by atoms with Crippen molar-refractivity contribution < 1.29 is 14.7 Å². The Bertz CT molecular complexity index is 466. The predicted molar refractivity (Wildman–Crippen MR) is 74.5 cm³/mol. The van der Waals surface area contributed by atoms with Crippen LogP contribution in [0.25, 0.3) is 0 Å². The molecule has 0 saturated heterocycles. The van der Waals surface area contributed by atoms with E-state index < -0.39 is 5.97 Å². The quantitative estimate of drug-likeness (QED) is 0.802. The molecule has 1 aromatic rings. The summed E-state index contributed by atoms with van der Waals surface area (Å²) in [5.41, 5.74) is 0.745. The van der Waals surface area contributed by atoms with E-state index in [1.165, 1.54) is 12.1 Å². The molecule has 2 N–H and O–H groups in total. The largest absolute Gasteiger partial charge is 0.478 e. The summed E-state index contributed by atoms with van der Waals surface area (Å²) in [6.45, 7) is 7.90. The minimum Gasteiger partial charge on any atom is -0.478 e. The Hall–Kier alpha value is -2.30. The summed E-state index contributed by atoms with van der Waals surface area (Å²) < 4.78 is 0. The smallest absolute Gasteiger partial charge is 0.335 e. The van der Waals surface area contributed by atoms with Crippen LogP contribution < -0.4 is 5.32 Å². The summed E-state index contributed by atoms with van der Waals surface area (Å²) in [7, 11) is 0. The zero-order valence-electron chi connectivity index (χ0n) is 11.1. The second-order valence-corrected chi connectivity index (χ2v) is 4.35. The van der Waals surface area contributed by atoms with Gasteiger partial charge >= 0.3 is 12.0 Å². The zero-order valence-corrected chi connectivity index (χ0v) is 11.1. The summed E-state index contributed by atoms with van der Waals surface area (Å²) in [6, 6.07) is 5.84. The lowest BCUT2D eigenvalue weighted by Gasteiger charge is -2.25. The van der Waals surface area contributed by atoms with Gasteiger partial charge in [0.15, 0.2) is 0 Å². The van der Waals surface area contributed by atoms with Crippen molar-refractivity contribution in [1.29, 1.82) is 0 Å². The lowest BCUT2D eigenvalue weighted by molar-refractivity contribution is 0.0697. The van der Waals surface area contributed by atoms with Gasteiger partial charge in [-0.1, -0.05) is 6.08 Å². The number of amides is 2. The zero-order chi connectivity index (χ0) is 14.4. The number of benzene rings is 1. The first-order valence-corrected chi connectivity index (χ1v) is 5.97. The lowest BCUT2D eigenvalue weighted by atomic mass is 10.2. The number of hydrogen-bond acceptors (Lipinski definition) is 2. The van der Waals surface area contributed by atoms with Crippen LogP contribution in [0.1, 0.15) is 24.2 Å². The van der Waals surface area contributed by atoms with Gasteiger partial charge in [0, 0.05) is 18.3 Å². The van der Waals surface area contributed by atoms with Crippen LogP contribution in [0.5, 0.6) is 0 Å². The van der Waals surface area contributed by atoms with Crippen LogP contribution in [0.2, 0.25) is 0 Å². The Morgan fingerprint density at radius 2 is 1.95 bits per heavy atom. The van der Waals surface area contributed by atoms with Crippen molar-refractivity contribution in [2.45, 2.75) is 19.9 Å². The Balaban J connectivity index is 2.75. The van der Waals surface area contributed by atoms with Crippen molar-refractivity contribution >= 4 is 17.7 Å². The second-order valence-electron chi connectivity index (χ2n) is 4.35. The fraction of sp³-hybridized carbons (Fsp3) is 0.286. The van der Waals surface area contributed by atoms with Gasteiger partial charge in [-0.2, -0.15) is 0 Å². The minimum atomic E-state index is -0.992. The summed E-state index contributed by atoms with van der Waals surface area (Å²) in [5.74, 6) is -0.992. The first-order chi connectivity index (χ1) is 8.95. The lowest BCUT2D eigenvalue weighted by Crippen LogP contribution is -2.40. The van der Waals surface area contributed by atoms with E-state index in [1.54, 1.807) is 23.1 Å². The minimum absolute atomic E-state index is 0.0521. The highest BCUT2D eigenvalue weighted by Gasteiger charge is 2.15. The molecular weight excluding hydrogens is 244 g/mol. The van der Waals surface area contributed by atoms with Crippen molar-refractivity contribution in [2.24, 2.45) is 0 Å². The Morgan fingerprint density at radius 3 is 2.37 bits per heavy atom. The van der Waals surface area contributed by atoms with Gasteiger partial charge in [0.2, 0.25) is 0 Å². The number of urea groups is 1. The third kappa shape index (κ3) is 4.13. The molecule has 19 heavy (non-hydrogen) atoms. The van der Waals surface area contributed by atoms with E-state index in [-0.39, 0.29) is 17.6 Å². The van der Waals surface area contributed by atoms with Gasteiger partial charge in [0.05, 0.1) is 5.56 Å². The molecule has 0 aliphatic heterocycles. The summed E-state index contributed by atoms with van der Waals surface area (Å²) in [4.78, 5) is 24.3. The summed E-state index contributed by atoms with van der Waals surface area (Å²) >= 11 is 0. The monoisotopic (exact) mass is 262 g/mol. The molecule has 0 saturated carbocycles. The standard InChI is InChI=1S/C14H18N2O3/c1-4-9-16(10(2)3)14(19)15-12-7-5-11(6-8-12)13(17)18/h4-8,10H,1,9H2,2-3H3,(H,15,19)(H,17,18). The number of rotatable bonds is 5. The highest BCUT2D eigenvalue weighted by Crippen LogP contribution is 2.11. The molecule has 0 spiro atoms. The third-order valence-corrected chi connectivity index (χ3v) is 2.59. The molecule has 0 aliphatic rings. The van der Waals surface area contributed by atoms with Crippen LogP contribution in [0.4, 0.5) is 10.5 Å². The van der Waals surface area contributed by atoms with E-state index in [2.05, 4.69) is 11.9 Å². The average molecular weight is 262 g/mol. The maximum absolute atomic E-state index is 12.0.